The summed E-state index contributed by atoms with van der Waals surface area (Å²) >= 11 is 0. The lowest BCUT2D eigenvalue weighted by molar-refractivity contribution is 0.0635. The van der Waals surface area contributed by atoms with E-state index in [2.05, 4.69) is 21.4 Å². The average molecular weight is 374 g/mol. The Kier molecular flexibility index (Phi) is 4.95. The van der Waals surface area contributed by atoms with Crippen LogP contribution in [-0.4, -0.2) is 35.1 Å². The summed E-state index contributed by atoms with van der Waals surface area (Å²) in [5.41, 5.74) is 1.65. The third-order valence-electron chi connectivity index (χ3n) is 3.68. The van der Waals surface area contributed by atoms with Crippen LogP contribution in [0.4, 0.5) is 10.6 Å². The first-order chi connectivity index (χ1) is 12.2. The van der Waals surface area contributed by atoms with E-state index in [0.717, 1.165) is 6.42 Å². The zero-order valence-corrected chi connectivity index (χ0v) is 16.0. The lowest BCUT2D eigenvalue weighted by atomic mass is 10.1. The largest absolute Gasteiger partial charge is 0.444 e. The molecular formula is C18H22N4O3S. The second-order valence-electron chi connectivity index (χ2n) is 7.09. The SMILES string of the molecule is CC1=CCC(S(=O)n2ccc3nc(NC(=O)OC(C)(C)C)cnc32)C=C1. The third-order valence-corrected chi connectivity index (χ3v) is 5.23. The molecule has 7 nitrogen and oxygen atoms in total. The first-order valence-corrected chi connectivity index (χ1v) is 9.50. The fraction of sp³-hybridized carbons (Fsp3) is 0.389. The smallest absolute Gasteiger partial charge is 0.413 e. The first kappa shape index (κ1) is 18.3. The number of hydrogen-bond acceptors (Lipinski definition) is 5. The summed E-state index contributed by atoms with van der Waals surface area (Å²) < 4.78 is 19.7. The monoisotopic (exact) mass is 374 g/mol. The van der Waals surface area contributed by atoms with E-state index < -0.39 is 22.7 Å². The van der Waals surface area contributed by atoms with Crippen LogP contribution in [0.25, 0.3) is 11.2 Å². The number of nitrogens with one attached hydrogen (secondary N) is 1. The number of carbonyl (C=O) groups is 1. The molecule has 2 heterocycles. The Morgan fingerprint density at radius 3 is 2.85 bits per heavy atom. The molecule has 1 amide bonds. The van der Waals surface area contributed by atoms with Crippen molar-refractivity contribution in [1.82, 2.24) is 13.9 Å². The third kappa shape index (κ3) is 4.19. The van der Waals surface area contributed by atoms with E-state index in [1.54, 1.807) is 37.0 Å². The van der Waals surface area contributed by atoms with Crippen LogP contribution in [0, 0.1) is 0 Å². The molecule has 0 spiro atoms. The number of anilines is 1. The van der Waals surface area contributed by atoms with Gasteiger partial charge in [0.1, 0.15) is 22.1 Å². The van der Waals surface area contributed by atoms with E-state index in [4.69, 9.17) is 4.74 Å². The summed E-state index contributed by atoms with van der Waals surface area (Å²) in [7, 11) is -1.29. The van der Waals surface area contributed by atoms with Crippen molar-refractivity contribution in [2.75, 3.05) is 5.32 Å². The number of aromatic nitrogens is 3. The van der Waals surface area contributed by atoms with Gasteiger partial charge in [-0.1, -0.05) is 23.8 Å². The van der Waals surface area contributed by atoms with E-state index in [1.165, 1.54) is 11.8 Å². The summed E-state index contributed by atoms with van der Waals surface area (Å²) in [5.74, 6) is 0.284. The van der Waals surface area contributed by atoms with Gasteiger partial charge in [-0.25, -0.2) is 22.9 Å². The fourth-order valence-electron chi connectivity index (χ4n) is 2.50. The van der Waals surface area contributed by atoms with E-state index in [-0.39, 0.29) is 11.1 Å². The molecule has 2 aromatic rings. The predicted octanol–water partition coefficient (Wildman–Crippen LogP) is 3.56. The van der Waals surface area contributed by atoms with E-state index in [9.17, 15) is 9.00 Å². The van der Waals surface area contributed by atoms with Gasteiger partial charge in [0.25, 0.3) is 0 Å². The Labute approximate surface area is 154 Å². The average Bonchev–Trinajstić information content (AvgIpc) is 2.96. The van der Waals surface area contributed by atoms with Gasteiger partial charge in [0, 0.05) is 6.20 Å². The second kappa shape index (κ2) is 7.03. The summed E-state index contributed by atoms with van der Waals surface area (Å²) in [6, 6.07) is 1.73. The molecule has 2 atom stereocenters. The van der Waals surface area contributed by atoms with Crippen molar-refractivity contribution in [1.29, 1.82) is 0 Å². The maximum absolute atomic E-state index is 12.8. The lowest BCUT2D eigenvalue weighted by Crippen LogP contribution is -2.27. The molecule has 1 N–H and O–H groups in total. The maximum Gasteiger partial charge on any atom is 0.413 e. The molecule has 0 saturated carbocycles. The number of carbonyl (C=O) groups excluding carboxylic acids is 1. The van der Waals surface area contributed by atoms with Gasteiger partial charge in [-0.2, -0.15) is 0 Å². The summed E-state index contributed by atoms with van der Waals surface area (Å²) in [6.45, 7) is 7.37. The molecule has 0 saturated heterocycles. The van der Waals surface area contributed by atoms with Crippen LogP contribution in [0.3, 0.4) is 0 Å². The normalized spacial score (nSPS) is 18.5. The highest BCUT2D eigenvalue weighted by Gasteiger charge is 2.20. The van der Waals surface area contributed by atoms with Gasteiger partial charge in [0.15, 0.2) is 11.5 Å². The molecule has 2 unspecified atom stereocenters. The molecule has 2 aromatic heterocycles. The zero-order valence-electron chi connectivity index (χ0n) is 15.2. The molecule has 0 bridgehead atoms. The fourth-order valence-corrected chi connectivity index (χ4v) is 3.76. The van der Waals surface area contributed by atoms with Crippen molar-refractivity contribution in [3.63, 3.8) is 0 Å². The predicted molar refractivity (Wildman–Crippen MR) is 102 cm³/mol. The molecule has 0 aliphatic heterocycles. The molecule has 26 heavy (non-hydrogen) atoms. The Bertz CT molecular complexity index is 924. The topological polar surface area (TPSA) is 86.1 Å². The van der Waals surface area contributed by atoms with Crippen LogP contribution in [0.5, 0.6) is 0 Å². The van der Waals surface area contributed by atoms with Crippen molar-refractivity contribution in [3.05, 3.63) is 42.3 Å². The van der Waals surface area contributed by atoms with E-state index >= 15 is 0 Å². The van der Waals surface area contributed by atoms with Crippen LogP contribution in [0.2, 0.25) is 0 Å². The van der Waals surface area contributed by atoms with Crippen LogP contribution in [-0.2, 0) is 15.7 Å². The molecule has 0 fully saturated rings. The van der Waals surface area contributed by atoms with E-state index in [1.807, 2.05) is 19.1 Å². The minimum Gasteiger partial charge on any atom is -0.444 e. The molecular weight excluding hydrogens is 352 g/mol. The highest BCUT2D eigenvalue weighted by molar-refractivity contribution is 7.84. The van der Waals surface area contributed by atoms with Gasteiger partial charge < -0.3 is 4.74 Å². The van der Waals surface area contributed by atoms with Crippen molar-refractivity contribution in [2.45, 2.75) is 45.0 Å². The van der Waals surface area contributed by atoms with Crippen molar-refractivity contribution < 1.29 is 13.7 Å². The number of allylic oxidation sites excluding steroid dienone is 3. The molecule has 1 aliphatic carbocycles. The molecule has 8 heteroatoms. The number of amides is 1. The van der Waals surface area contributed by atoms with Crippen molar-refractivity contribution >= 4 is 34.1 Å². The van der Waals surface area contributed by atoms with Gasteiger partial charge in [-0.15, -0.1) is 0 Å². The van der Waals surface area contributed by atoms with Gasteiger partial charge in [0.05, 0.1) is 11.4 Å². The Morgan fingerprint density at radius 2 is 2.19 bits per heavy atom. The maximum atomic E-state index is 12.8. The van der Waals surface area contributed by atoms with Gasteiger partial charge in [-0.3, -0.25) is 5.32 Å². The number of rotatable bonds is 3. The second-order valence-corrected chi connectivity index (χ2v) is 8.64. The van der Waals surface area contributed by atoms with Gasteiger partial charge in [-0.05, 0) is 40.2 Å². The van der Waals surface area contributed by atoms with Gasteiger partial charge in [0.2, 0.25) is 0 Å². The summed E-state index contributed by atoms with van der Waals surface area (Å²) in [4.78, 5) is 20.5. The molecule has 3 rings (SSSR count). The van der Waals surface area contributed by atoms with Crippen LogP contribution in [0.15, 0.2) is 42.3 Å². The summed E-state index contributed by atoms with van der Waals surface area (Å²) in [5, 5.41) is 2.46. The van der Waals surface area contributed by atoms with Crippen molar-refractivity contribution in [2.24, 2.45) is 0 Å². The van der Waals surface area contributed by atoms with Crippen molar-refractivity contribution in [3.8, 4) is 0 Å². The lowest BCUT2D eigenvalue weighted by Gasteiger charge is -2.19. The quantitative estimate of drug-likeness (QED) is 0.888. The van der Waals surface area contributed by atoms with Crippen LogP contribution >= 0.6 is 0 Å². The van der Waals surface area contributed by atoms with E-state index in [0.29, 0.717) is 11.2 Å². The zero-order chi connectivity index (χ0) is 18.9. The number of hydrogen-bond donors (Lipinski definition) is 1. The molecule has 1 aliphatic rings. The van der Waals surface area contributed by atoms with Crippen LogP contribution in [0.1, 0.15) is 34.1 Å². The highest BCUT2D eigenvalue weighted by Crippen LogP contribution is 2.21. The highest BCUT2D eigenvalue weighted by atomic mass is 32.2. The van der Waals surface area contributed by atoms with Gasteiger partial charge >= 0.3 is 6.09 Å². The Hall–Kier alpha value is -2.48. The standard InChI is InChI=1S/C18H22N4O3S/c1-12-5-7-13(8-6-12)26(24)22-10-9-14-16(22)19-11-15(20-14)21-17(23)25-18(2,3)4/h5-7,9-11,13H,8H2,1-4H3,(H,20,21,23). The molecule has 0 aromatic carbocycles. The number of ether oxygens (including phenoxy) is 1. The Morgan fingerprint density at radius 1 is 1.42 bits per heavy atom. The molecule has 0 radical (unpaired) electrons. The summed E-state index contributed by atoms with van der Waals surface area (Å²) in [6.07, 6.45) is 9.28. The Balaban J connectivity index is 1.78. The first-order valence-electron chi connectivity index (χ1n) is 8.33. The van der Waals surface area contributed by atoms with Crippen LogP contribution < -0.4 is 5.32 Å². The number of nitrogens with zero attached hydrogens (tertiary/aromatic N) is 3. The minimum absolute atomic E-state index is 0.101. The number of fused-ring (bicyclic) bond motifs is 1. The molecule has 138 valence electrons. The minimum atomic E-state index is -1.29.